The minimum atomic E-state index is -0.369. The first-order chi connectivity index (χ1) is 14.7. The van der Waals surface area contributed by atoms with Crippen LogP contribution >= 0.6 is 11.3 Å². The average molecular weight is 445 g/mol. The summed E-state index contributed by atoms with van der Waals surface area (Å²) >= 11 is 1.50. The van der Waals surface area contributed by atoms with Gasteiger partial charge in [-0.15, -0.1) is 11.3 Å². The maximum atomic E-state index is 12.9. The smallest absolute Gasteiger partial charge is 0.261 e. The minimum Gasteiger partial charge on any atom is -0.368 e. The Morgan fingerprint density at radius 3 is 2.39 bits per heavy atom. The number of amides is 2. The molecule has 0 aromatic carbocycles. The van der Waals surface area contributed by atoms with Gasteiger partial charge < -0.3 is 15.1 Å². The molecule has 170 valence electrons. The zero-order chi connectivity index (χ0) is 22.7. The molecule has 0 radical (unpaired) electrons. The van der Waals surface area contributed by atoms with E-state index >= 15 is 0 Å². The fourth-order valence-corrected chi connectivity index (χ4v) is 5.86. The second kappa shape index (κ2) is 10.1. The fraction of sp³-hybridized carbons (Fsp3) is 0.625. The van der Waals surface area contributed by atoms with Gasteiger partial charge in [-0.25, -0.2) is 4.99 Å². The van der Waals surface area contributed by atoms with Gasteiger partial charge in [0, 0.05) is 36.3 Å². The second-order valence-electron chi connectivity index (χ2n) is 9.03. The van der Waals surface area contributed by atoms with Gasteiger partial charge in [0.2, 0.25) is 0 Å². The SMILES string of the molecule is CCN(c1csc(C(=O)NCC2C(=O)N=C(C)C=C2C)c1C)C1CCC(N(C)C)CC1. The number of hydrogen-bond donors (Lipinski definition) is 1. The number of carbonyl (C=O) groups excluding carboxylic acids is 2. The topological polar surface area (TPSA) is 65.0 Å². The van der Waals surface area contributed by atoms with Crippen molar-refractivity contribution in [2.45, 2.75) is 65.5 Å². The van der Waals surface area contributed by atoms with Crippen LogP contribution in [0.3, 0.4) is 0 Å². The molecule has 3 rings (SSSR count). The van der Waals surface area contributed by atoms with Gasteiger partial charge in [0.1, 0.15) is 0 Å². The molecule has 1 aliphatic heterocycles. The van der Waals surface area contributed by atoms with Crippen LogP contribution in [0, 0.1) is 12.8 Å². The average Bonchev–Trinajstić information content (AvgIpc) is 3.09. The molecule has 1 unspecified atom stereocenters. The van der Waals surface area contributed by atoms with Gasteiger partial charge in [0.05, 0.1) is 16.5 Å². The number of carbonyl (C=O) groups is 2. The van der Waals surface area contributed by atoms with Crippen LogP contribution in [0.5, 0.6) is 0 Å². The molecular weight excluding hydrogens is 408 g/mol. The number of nitrogens with one attached hydrogen (secondary N) is 1. The number of hydrogen-bond acceptors (Lipinski definition) is 5. The Morgan fingerprint density at radius 2 is 1.81 bits per heavy atom. The fourth-order valence-electron chi connectivity index (χ4n) is 4.86. The zero-order valence-corrected chi connectivity index (χ0v) is 20.5. The van der Waals surface area contributed by atoms with E-state index in [2.05, 4.69) is 46.5 Å². The van der Waals surface area contributed by atoms with Crippen LogP contribution < -0.4 is 10.2 Å². The highest BCUT2D eigenvalue weighted by atomic mass is 32.1. The van der Waals surface area contributed by atoms with E-state index < -0.39 is 0 Å². The van der Waals surface area contributed by atoms with Gasteiger partial charge in [-0.3, -0.25) is 9.59 Å². The first-order valence-corrected chi connectivity index (χ1v) is 12.2. The summed E-state index contributed by atoms with van der Waals surface area (Å²) in [5, 5.41) is 5.09. The highest BCUT2D eigenvalue weighted by Gasteiger charge is 2.29. The van der Waals surface area contributed by atoms with E-state index in [9.17, 15) is 9.59 Å². The number of nitrogens with zero attached hydrogens (tertiary/aromatic N) is 3. The Hall–Kier alpha value is -1.99. The maximum Gasteiger partial charge on any atom is 0.261 e. The quantitative estimate of drug-likeness (QED) is 0.689. The summed E-state index contributed by atoms with van der Waals surface area (Å²) in [6.45, 7) is 9.20. The molecule has 0 saturated heterocycles. The van der Waals surface area contributed by atoms with Crippen LogP contribution in [0.2, 0.25) is 0 Å². The molecule has 1 aromatic rings. The highest BCUT2D eigenvalue weighted by molar-refractivity contribution is 7.12. The van der Waals surface area contributed by atoms with Crippen LogP contribution in [0.1, 0.15) is 61.7 Å². The summed E-state index contributed by atoms with van der Waals surface area (Å²) in [5.74, 6) is -0.647. The van der Waals surface area contributed by atoms with Crippen molar-refractivity contribution in [1.29, 1.82) is 0 Å². The van der Waals surface area contributed by atoms with E-state index in [4.69, 9.17) is 0 Å². The molecule has 1 aromatic heterocycles. The molecule has 2 heterocycles. The molecule has 2 aliphatic rings. The van der Waals surface area contributed by atoms with Crippen molar-refractivity contribution in [3.05, 3.63) is 27.5 Å². The van der Waals surface area contributed by atoms with Gasteiger partial charge in [0.25, 0.3) is 11.8 Å². The Labute approximate surface area is 190 Å². The molecular formula is C24H36N4O2S. The lowest BCUT2D eigenvalue weighted by atomic mass is 9.89. The third-order valence-electron chi connectivity index (χ3n) is 6.74. The number of anilines is 1. The molecule has 0 bridgehead atoms. The largest absolute Gasteiger partial charge is 0.368 e. The Kier molecular flexibility index (Phi) is 7.70. The summed E-state index contributed by atoms with van der Waals surface area (Å²) in [5.41, 5.74) is 3.89. The van der Waals surface area contributed by atoms with Crippen molar-refractivity contribution in [3.63, 3.8) is 0 Å². The summed E-state index contributed by atoms with van der Waals surface area (Å²) in [6.07, 6.45) is 6.71. The molecule has 1 N–H and O–H groups in total. The van der Waals surface area contributed by atoms with Crippen LogP contribution in [0.4, 0.5) is 5.69 Å². The van der Waals surface area contributed by atoms with E-state index in [0.717, 1.165) is 28.3 Å². The molecule has 1 aliphatic carbocycles. The molecule has 1 atom stereocenters. The lowest BCUT2D eigenvalue weighted by Gasteiger charge is -2.39. The lowest BCUT2D eigenvalue weighted by molar-refractivity contribution is -0.120. The third kappa shape index (κ3) is 5.26. The van der Waals surface area contributed by atoms with Crippen molar-refractivity contribution in [3.8, 4) is 0 Å². The number of thiophene rings is 1. The van der Waals surface area contributed by atoms with Crippen molar-refractivity contribution in [2.75, 3.05) is 32.1 Å². The summed E-state index contributed by atoms with van der Waals surface area (Å²) < 4.78 is 0. The predicted octanol–water partition coefficient (Wildman–Crippen LogP) is 4.05. The van der Waals surface area contributed by atoms with Crippen molar-refractivity contribution in [1.82, 2.24) is 10.2 Å². The number of rotatable bonds is 7. The van der Waals surface area contributed by atoms with E-state index in [1.165, 1.54) is 42.7 Å². The molecule has 1 saturated carbocycles. The first kappa shape index (κ1) is 23.7. The van der Waals surface area contributed by atoms with Gasteiger partial charge in [0.15, 0.2) is 0 Å². The summed E-state index contributed by atoms with van der Waals surface area (Å²) in [4.78, 5) is 34.7. The normalized spacial score (nSPS) is 24.1. The molecule has 7 heteroatoms. The van der Waals surface area contributed by atoms with E-state index in [1.54, 1.807) is 0 Å². The Balaban J connectivity index is 1.65. The van der Waals surface area contributed by atoms with Crippen LogP contribution in [-0.4, -0.2) is 61.7 Å². The summed E-state index contributed by atoms with van der Waals surface area (Å²) in [7, 11) is 4.34. The van der Waals surface area contributed by atoms with E-state index in [1.807, 2.05) is 26.8 Å². The lowest BCUT2D eigenvalue weighted by Crippen LogP contribution is -2.42. The van der Waals surface area contributed by atoms with Crippen molar-refractivity contribution in [2.24, 2.45) is 10.9 Å². The molecule has 2 amide bonds. The minimum absolute atomic E-state index is 0.104. The van der Waals surface area contributed by atoms with Gasteiger partial charge in [-0.1, -0.05) is 5.57 Å². The predicted molar refractivity (Wildman–Crippen MR) is 130 cm³/mol. The van der Waals surface area contributed by atoms with Crippen molar-refractivity contribution >= 4 is 34.6 Å². The second-order valence-corrected chi connectivity index (χ2v) is 9.91. The van der Waals surface area contributed by atoms with Gasteiger partial charge in [-0.2, -0.15) is 0 Å². The Bertz CT molecular complexity index is 878. The van der Waals surface area contributed by atoms with Crippen LogP contribution in [0.15, 0.2) is 22.0 Å². The summed E-state index contributed by atoms with van der Waals surface area (Å²) in [6, 6.07) is 1.20. The maximum absolute atomic E-state index is 12.9. The standard InChI is InChI=1S/C24H36N4O2S/c1-7-28(19-10-8-18(9-11-19)27(5)6)21-14-31-22(17(21)4)24(30)25-13-20-15(2)12-16(3)26-23(20)29/h12,14,18-20H,7-11,13H2,1-6H3,(H,25,30). The van der Waals surface area contributed by atoms with Crippen molar-refractivity contribution < 1.29 is 9.59 Å². The third-order valence-corrected chi connectivity index (χ3v) is 7.81. The van der Waals surface area contributed by atoms with Crippen LogP contribution in [0.25, 0.3) is 0 Å². The number of aliphatic imine (C=N–C) groups is 1. The van der Waals surface area contributed by atoms with E-state index in [-0.39, 0.29) is 24.3 Å². The molecule has 31 heavy (non-hydrogen) atoms. The number of dihydropyridines is 1. The van der Waals surface area contributed by atoms with Crippen LogP contribution in [-0.2, 0) is 4.79 Å². The van der Waals surface area contributed by atoms with Gasteiger partial charge >= 0.3 is 0 Å². The highest BCUT2D eigenvalue weighted by Crippen LogP contribution is 2.35. The Morgan fingerprint density at radius 1 is 1.16 bits per heavy atom. The van der Waals surface area contributed by atoms with Gasteiger partial charge in [-0.05, 0) is 79.1 Å². The molecule has 6 nitrogen and oxygen atoms in total. The first-order valence-electron chi connectivity index (χ1n) is 11.3. The monoisotopic (exact) mass is 444 g/mol. The number of allylic oxidation sites excluding steroid dienone is 1. The molecule has 1 fully saturated rings. The zero-order valence-electron chi connectivity index (χ0n) is 19.7. The van der Waals surface area contributed by atoms with E-state index in [0.29, 0.717) is 12.1 Å². The molecule has 0 spiro atoms.